The van der Waals surface area contributed by atoms with Gasteiger partial charge in [0.25, 0.3) is 0 Å². The van der Waals surface area contributed by atoms with Crippen molar-refractivity contribution in [2.75, 3.05) is 0 Å². The second-order valence-corrected chi connectivity index (χ2v) is 6.29. The van der Waals surface area contributed by atoms with Gasteiger partial charge in [-0.15, -0.1) is 0 Å². The molecule has 1 amide bonds. The Balaban J connectivity index is 2.08. The van der Waals surface area contributed by atoms with E-state index < -0.39 is 0 Å². The Morgan fingerprint density at radius 1 is 1.09 bits per heavy atom. The number of halogens is 1. The molecule has 0 spiro atoms. The Morgan fingerprint density at radius 2 is 1.74 bits per heavy atom. The third-order valence-corrected chi connectivity index (χ3v) is 4.37. The first-order valence-electron chi connectivity index (χ1n) is 7.69. The van der Waals surface area contributed by atoms with Gasteiger partial charge in [0, 0.05) is 11.1 Å². The SMILES string of the molecule is Cc1cc(C)c([C@@H](C)NC(=O)/C=C/c2ccccc2Cl)cc1C. The minimum Gasteiger partial charge on any atom is -0.346 e. The number of nitrogens with one attached hydrogen (secondary N) is 1. The Labute approximate surface area is 143 Å². The van der Waals surface area contributed by atoms with E-state index in [1.54, 1.807) is 12.1 Å². The average Bonchev–Trinajstić information content (AvgIpc) is 2.50. The molecule has 3 heteroatoms. The van der Waals surface area contributed by atoms with Gasteiger partial charge in [-0.3, -0.25) is 4.79 Å². The van der Waals surface area contributed by atoms with Crippen LogP contribution in [0.4, 0.5) is 0 Å². The Kier molecular flexibility index (Phi) is 5.62. The molecule has 0 fully saturated rings. The Hall–Kier alpha value is -2.06. The molecule has 0 aliphatic rings. The second kappa shape index (κ2) is 7.47. The lowest BCUT2D eigenvalue weighted by Crippen LogP contribution is -2.25. The van der Waals surface area contributed by atoms with Crippen LogP contribution in [0.3, 0.4) is 0 Å². The maximum absolute atomic E-state index is 12.1. The first-order chi connectivity index (χ1) is 10.9. The first kappa shape index (κ1) is 17.3. The van der Waals surface area contributed by atoms with Crippen LogP contribution in [-0.2, 0) is 4.79 Å². The molecule has 2 aromatic rings. The van der Waals surface area contributed by atoms with Crippen molar-refractivity contribution in [2.45, 2.75) is 33.7 Å². The van der Waals surface area contributed by atoms with Crippen LogP contribution in [0, 0.1) is 20.8 Å². The summed E-state index contributed by atoms with van der Waals surface area (Å²) in [5.41, 5.74) is 5.67. The van der Waals surface area contributed by atoms with Gasteiger partial charge in [-0.2, -0.15) is 0 Å². The van der Waals surface area contributed by atoms with Gasteiger partial charge in [0.15, 0.2) is 0 Å². The van der Waals surface area contributed by atoms with Gasteiger partial charge in [0.2, 0.25) is 5.91 Å². The Bertz CT molecular complexity index is 749. The van der Waals surface area contributed by atoms with E-state index in [1.165, 1.54) is 22.8 Å². The molecule has 0 aliphatic heterocycles. The fraction of sp³-hybridized carbons (Fsp3) is 0.250. The van der Waals surface area contributed by atoms with E-state index in [9.17, 15) is 4.79 Å². The molecule has 2 rings (SSSR count). The van der Waals surface area contributed by atoms with Crippen LogP contribution in [0.15, 0.2) is 42.5 Å². The molecule has 0 aromatic heterocycles. The largest absolute Gasteiger partial charge is 0.346 e. The summed E-state index contributed by atoms with van der Waals surface area (Å²) in [6, 6.07) is 11.7. The van der Waals surface area contributed by atoms with Gasteiger partial charge in [-0.05, 0) is 67.7 Å². The van der Waals surface area contributed by atoms with Gasteiger partial charge >= 0.3 is 0 Å². The summed E-state index contributed by atoms with van der Waals surface area (Å²) >= 11 is 6.08. The van der Waals surface area contributed by atoms with Crippen molar-refractivity contribution in [1.82, 2.24) is 5.32 Å². The Morgan fingerprint density at radius 3 is 2.43 bits per heavy atom. The molecule has 1 N–H and O–H groups in total. The topological polar surface area (TPSA) is 29.1 Å². The molecule has 0 radical (unpaired) electrons. The molecule has 2 nitrogen and oxygen atoms in total. The van der Waals surface area contributed by atoms with Crippen molar-refractivity contribution in [3.63, 3.8) is 0 Å². The maximum Gasteiger partial charge on any atom is 0.244 e. The quantitative estimate of drug-likeness (QED) is 0.772. The van der Waals surface area contributed by atoms with Crippen LogP contribution in [-0.4, -0.2) is 5.91 Å². The zero-order valence-corrected chi connectivity index (χ0v) is 14.7. The maximum atomic E-state index is 12.1. The lowest BCUT2D eigenvalue weighted by atomic mass is 9.96. The molecular formula is C20H22ClNO. The van der Waals surface area contributed by atoms with Crippen LogP contribution in [0.5, 0.6) is 0 Å². The molecular weight excluding hydrogens is 306 g/mol. The van der Waals surface area contributed by atoms with Crippen molar-refractivity contribution in [2.24, 2.45) is 0 Å². The van der Waals surface area contributed by atoms with Crippen LogP contribution >= 0.6 is 11.6 Å². The molecule has 120 valence electrons. The summed E-state index contributed by atoms with van der Waals surface area (Å²) in [4.78, 5) is 12.1. The molecule has 23 heavy (non-hydrogen) atoms. The molecule has 0 heterocycles. The number of amides is 1. The average molecular weight is 328 g/mol. The summed E-state index contributed by atoms with van der Waals surface area (Å²) in [5, 5.41) is 3.64. The minimum atomic E-state index is -0.130. The summed E-state index contributed by atoms with van der Waals surface area (Å²) in [7, 11) is 0. The number of aryl methyl sites for hydroxylation is 3. The highest BCUT2D eigenvalue weighted by Crippen LogP contribution is 2.22. The van der Waals surface area contributed by atoms with Gasteiger partial charge in [0.05, 0.1) is 6.04 Å². The van der Waals surface area contributed by atoms with Crippen LogP contribution in [0.2, 0.25) is 5.02 Å². The number of carbonyl (C=O) groups is 1. The van der Waals surface area contributed by atoms with E-state index in [0.717, 1.165) is 11.1 Å². The number of hydrogen-bond donors (Lipinski definition) is 1. The molecule has 0 bridgehead atoms. The fourth-order valence-corrected chi connectivity index (χ4v) is 2.76. The lowest BCUT2D eigenvalue weighted by Gasteiger charge is -2.17. The number of hydrogen-bond acceptors (Lipinski definition) is 1. The van der Waals surface area contributed by atoms with E-state index in [1.807, 2.05) is 25.1 Å². The van der Waals surface area contributed by atoms with Crippen LogP contribution in [0.25, 0.3) is 6.08 Å². The van der Waals surface area contributed by atoms with E-state index in [2.05, 4.69) is 38.2 Å². The van der Waals surface area contributed by atoms with Gasteiger partial charge in [-0.1, -0.05) is 41.9 Å². The third-order valence-electron chi connectivity index (χ3n) is 4.03. The lowest BCUT2D eigenvalue weighted by molar-refractivity contribution is -0.117. The molecule has 0 aliphatic carbocycles. The number of benzene rings is 2. The zero-order chi connectivity index (χ0) is 17.0. The molecule has 0 saturated heterocycles. The van der Waals surface area contributed by atoms with Gasteiger partial charge < -0.3 is 5.32 Å². The molecule has 0 unspecified atom stereocenters. The molecule has 2 aromatic carbocycles. The monoisotopic (exact) mass is 327 g/mol. The van der Waals surface area contributed by atoms with Gasteiger partial charge in [0.1, 0.15) is 0 Å². The van der Waals surface area contributed by atoms with Crippen LogP contribution < -0.4 is 5.32 Å². The smallest absolute Gasteiger partial charge is 0.244 e. The standard InChI is InChI=1S/C20H22ClNO/c1-13-11-15(3)18(12-14(13)2)16(4)22-20(23)10-9-17-7-5-6-8-19(17)21/h5-12,16H,1-4H3,(H,22,23)/b10-9+/t16-/m1/s1. The van der Waals surface area contributed by atoms with Crippen LogP contribution in [0.1, 0.15) is 40.8 Å². The van der Waals surface area contributed by atoms with E-state index in [-0.39, 0.29) is 11.9 Å². The predicted molar refractivity (Wildman–Crippen MR) is 97.7 cm³/mol. The highest BCUT2D eigenvalue weighted by molar-refractivity contribution is 6.32. The normalized spacial score (nSPS) is 12.4. The minimum absolute atomic E-state index is 0.0438. The summed E-state index contributed by atoms with van der Waals surface area (Å²) < 4.78 is 0. The first-order valence-corrected chi connectivity index (χ1v) is 8.07. The highest BCUT2D eigenvalue weighted by Gasteiger charge is 2.11. The summed E-state index contributed by atoms with van der Waals surface area (Å²) in [6.45, 7) is 8.26. The molecule has 1 atom stereocenters. The molecule has 0 saturated carbocycles. The zero-order valence-electron chi connectivity index (χ0n) is 14.0. The van der Waals surface area contributed by atoms with E-state index in [4.69, 9.17) is 11.6 Å². The second-order valence-electron chi connectivity index (χ2n) is 5.88. The van der Waals surface area contributed by atoms with E-state index >= 15 is 0 Å². The van der Waals surface area contributed by atoms with Gasteiger partial charge in [-0.25, -0.2) is 0 Å². The van der Waals surface area contributed by atoms with Crippen molar-refractivity contribution < 1.29 is 4.79 Å². The predicted octanol–water partition coefficient (Wildman–Crippen LogP) is 5.16. The van der Waals surface area contributed by atoms with Crippen molar-refractivity contribution in [3.8, 4) is 0 Å². The van der Waals surface area contributed by atoms with E-state index in [0.29, 0.717) is 5.02 Å². The summed E-state index contributed by atoms with van der Waals surface area (Å²) in [5.74, 6) is -0.130. The van der Waals surface area contributed by atoms with Crippen molar-refractivity contribution >= 4 is 23.6 Å². The third kappa shape index (κ3) is 4.46. The number of rotatable bonds is 4. The summed E-state index contributed by atoms with van der Waals surface area (Å²) in [6.07, 6.45) is 3.26. The highest BCUT2D eigenvalue weighted by atomic mass is 35.5. The van der Waals surface area contributed by atoms with Crippen molar-refractivity contribution in [1.29, 1.82) is 0 Å². The number of carbonyl (C=O) groups excluding carboxylic acids is 1. The fourth-order valence-electron chi connectivity index (χ4n) is 2.56. The van der Waals surface area contributed by atoms with Crippen molar-refractivity contribution in [3.05, 3.63) is 75.3 Å².